The van der Waals surface area contributed by atoms with Gasteiger partial charge in [0.15, 0.2) is 0 Å². The third-order valence-electron chi connectivity index (χ3n) is 5.27. The van der Waals surface area contributed by atoms with E-state index in [-0.39, 0.29) is 16.9 Å². The molecule has 0 radical (unpaired) electrons. The fourth-order valence-corrected chi connectivity index (χ4v) is 6.82. The second-order valence-electron chi connectivity index (χ2n) is 8.42. The zero-order chi connectivity index (χ0) is 17.0. The van der Waals surface area contributed by atoms with Crippen molar-refractivity contribution in [2.24, 2.45) is 10.8 Å². The van der Waals surface area contributed by atoms with E-state index < -0.39 is 10.0 Å². The van der Waals surface area contributed by atoms with Gasteiger partial charge in [0.05, 0.1) is 7.11 Å². The summed E-state index contributed by atoms with van der Waals surface area (Å²) in [5, 5.41) is 0. The van der Waals surface area contributed by atoms with Crippen LogP contribution in [0.1, 0.15) is 45.6 Å². The number of rotatable bonds is 3. The third-order valence-corrected chi connectivity index (χ3v) is 7.19. The molecule has 5 heteroatoms. The number of sulfonamides is 1. The Morgan fingerprint density at radius 3 is 2.57 bits per heavy atom. The van der Waals surface area contributed by atoms with Crippen molar-refractivity contribution in [2.75, 3.05) is 13.7 Å². The average Bonchev–Trinajstić information content (AvgIpc) is 2.68. The van der Waals surface area contributed by atoms with E-state index in [2.05, 4.69) is 20.8 Å². The van der Waals surface area contributed by atoms with Crippen LogP contribution >= 0.6 is 0 Å². The minimum Gasteiger partial charge on any atom is -0.495 e. The van der Waals surface area contributed by atoms with E-state index in [0.717, 1.165) is 24.8 Å². The summed E-state index contributed by atoms with van der Waals surface area (Å²) in [6, 6.07) is 5.45. The first-order chi connectivity index (χ1) is 10.6. The van der Waals surface area contributed by atoms with Crippen LogP contribution in [0, 0.1) is 17.8 Å². The van der Waals surface area contributed by atoms with Gasteiger partial charge >= 0.3 is 0 Å². The van der Waals surface area contributed by atoms with Gasteiger partial charge < -0.3 is 4.74 Å². The Morgan fingerprint density at radius 1 is 1.22 bits per heavy atom. The standard InChI is InChI=1S/C18H27NO3S/c1-13-6-7-15(22-5)16(8-13)23(20,21)19-12-18(4)10-14(19)9-17(2,3)11-18/h6-8,14H,9-12H2,1-5H3. The van der Waals surface area contributed by atoms with Crippen LogP contribution in [0.3, 0.4) is 0 Å². The quantitative estimate of drug-likeness (QED) is 0.847. The van der Waals surface area contributed by atoms with Crippen molar-refractivity contribution in [3.05, 3.63) is 23.8 Å². The van der Waals surface area contributed by atoms with Gasteiger partial charge in [-0.1, -0.05) is 26.8 Å². The number of benzene rings is 1. The van der Waals surface area contributed by atoms with Crippen LogP contribution in [0.5, 0.6) is 5.75 Å². The van der Waals surface area contributed by atoms with Crippen molar-refractivity contribution in [2.45, 2.75) is 57.9 Å². The van der Waals surface area contributed by atoms with Crippen LogP contribution in [0.25, 0.3) is 0 Å². The molecule has 2 bridgehead atoms. The maximum atomic E-state index is 13.3. The first kappa shape index (κ1) is 16.8. The molecule has 0 N–H and O–H groups in total. The molecule has 0 spiro atoms. The molecule has 2 fully saturated rings. The van der Waals surface area contributed by atoms with E-state index in [1.165, 1.54) is 7.11 Å². The highest BCUT2D eigenvalue weighted by Gasteiger charge is 2.53. The Labute approximate surface area is 139 Å². The van der Waals surface area contributed by atoms with E-state index in [1.54, 1.807) is 16.4 Å². The van der Waals surface area contributed by atoms with Gasteiger partial charge in [-0.2, -0.15) is 4.31 Å². The van der Waals surface area contributed by atoms with Gasteiger partial charge in [-0.15, -0.1) is 0 Å². The Balaban J connectivity index is 2.03. The van der Waals surface area contributed by atoms with Gasteiger partial charge in [-0.05, 0) is 54.7 Å². The summed E-state index contributed by atoms with van der Waals surface area (Å²) in [7, 11) is -2.01. The van der Waals surface area contributed by atoms with E-state index >= 15 is 0 Å². The minimum atomic E-state index is -3.54. The molecule has 128 valence electrons. The third kappa shape index (κ3) is 2.89. The van der Waals surface area contributed by atoms with Crippen molar-refractivity contribution >= 4 is 10.0 Å². The topological polar surface area (TPSA) is 46.6 Å². The Morgan fingerprint density at radius 2 is 1.91 bits per heavy atom. The first-order valence-corrected chi connectivity index (χ1v) is 9.67. The number of methoxy groups -OCH3 is 1. The van der Waals surface area contributed by atoms with Crippen molar-refractivity contribution in [3.8, 4) is 5.75 Å². The van der Waals surface area contributed by atoms with Crippen molar-refractivity contribution in [1.82, 2.24) is 4.31 Å². The molecule has 1 aliphatic carbocycles. The van der Waals surface area contributed by atoms with Crippen molar-refractivity contribution < 1.29 is 13.2 Å². The van der Waals surface area contributed by atoms with Gasteiger partial charge in [-0.3, -0.25) is 0 Å². The molecule has 3 rings (SSSR count). The SMILES string of the molecule is COc1ccc(C)cc1S(=O)(=O)N1CC2(C)CC1CC(C)(C)C2. The fraction of sp³-hybridized carbons (Fsp3) is 0.667. The van der Waals surface area contributed by atoms with Gasteiger partial charge in [0, 0.05) is 12.6 Å². The highest BCUT2D eigenvalue weighted by atomic mass is 32.2. The average molecular weight is 337 g/mol. The number of hydrogen-bond donors (Lipinski definition) is 0. The van der Waals surface area contributed by atoms with E-state index in [1.807, 2.05) is 13.0 Å². The summed E-state index contributed by atoms with van der Waals surface area (Å²) in [6.07, 6.45) is 2.97. The molecule has 23 heavy (non-hydrogen) atoms. The van der Waals surface area contributed by atoms with Crippen LogP contribution in [0.4, 0.5) is 0 Å². The molecule has 2 unspecified atom stereocenters. The zero-order valence-electron chi connectivity index (χ0n) is 14.7. The molecule has 4 nitrogen and oxygen atoms in total. The molecule has 1 saturated carbocycles. The van der Waals surface area contributed by atoms with Crippen LogP contribution < -0.4 is 4.74 Å². The summed E-state index contributed by atoms with van der Waals surface area (Å²) in [5.41, 5.74) is 1.20. The van der Waals surface area contributed by atoms with Gasteiger partial charge in [0.25, 0.3) is 0 Å². The lowest BCUT2D eigenvalue weighted by molar-refractivity contribution is 0.133. The Kier molecular flexibility index (Phi) is 3.80. The number of hydrogen-bond acceptors (Lipinski definition) is 3. The molecular weight excluding hydrogens is 310 g/mol. The van der Waals surface area contributed by atoms with Crippen LogP contribution in [-0.2, 0) is 10.0 Å². The molecule has 1 heterocycles. The summed E-state index contributed by atoms with van der Waals surface area (Å²) in [4.78, 5) is 0.300. The van der Waals surface area contributed by atoms with E-state index in [9.17, 15) is 8.42 Å². The summed E-state index contributed by atoms with van der Waals surface area (Å²) < 4.78 is 33.7. The normalized spacial score (nSPS) is 30.4. The Bertz CT molecular complexity index is 726. The summed E-state index contributed by atoms with van der Waals surface area (Å²) in [6.45, 7) is 9.25. The second kappa shape index (κ2) is 5.21. The molecule has 1 aromatic carbocycles. The van der Waals surface area contributed by atoms with Crippen LogP contribution in [0.2, 0.25) is 0 Å². The lowest BCUT2D eigenvalue weighted by atomic mass is 9.65. The second-order valence-corrected chi connectivity index (χ2v) is 10.3. The maximum absolute atomic E-state index is 13.3. The predicted molar refractivity (Wildman–Crippen MR) is 91.1 cm³/mol. The summed E-state index contributed by atoms with van der Waals surface area (Å²) in [5.74, 6) is 0.432. The lowest BCUT2D eigenvalue weighted by Crippen LogP contribution is -2.37. The molecule has 1 aromatic rings. The Hall–Kier alpha value is -1.07. The molecule has 2 aliphatic rings. The van der Waals surface area contributed by atoms with Crippen LogP contribution in [0.15, 0.2) is 23.1 Å². The maximum Gasteiger partial charge on any atom is 0.247 e. The first-order valence-electron chi connectivity index (χ1n) is 8.23. The highest BCUT2D eigenvalue weighted by molar-refractivity contribution is 7.89. The largest absolute Gasteiger partial charge is 0.495 e. The van der Waals surface area contributed by atoms with Gasteiger partial charge in [0.2, 0.25) is 10.0 Å². The molecule has 1 saturated heterocycles. The van der Waals surface area contributed by atoms with Crippen LogP contribution in [-0.4, -0.2) is 32.4 Å². The zero-order valence-corrected chi connectivity index (χ0v) is 15.5. The van der Waals surface area contributed by atoms with Crippen molar-refractivity contribution in [1.29, 1.82) is 0 Å². The minimum absolute atomic E-state index is 0.0799. The smallest absolute Gasteiger partial charge is 0.247 e. The predicted octanol–water partition coefficient (Wildman–Crippen LogP) is 3.59. The number of nitrogens with zero attached hydrogens (tertiary/aromatic N) is 1. The van der Waals surface area contributed by atoms with E-state index in [4.69, 9.17) is 4.74 Å². The monoisotopic (exact) mass is 337 g/mol. The molecule has 0 amide bonds. The molecule has 1 aliphatic heterocycles. The lowest BCUT2D eigenvalue weighted by Gasteiger charge is -2.39. The number of ether oxygens (including phenoxy) is 1. The van der Waals surface area contributed by atoms with Gasteiger partial charge in [0.1, 0.15) is 10.6 Å². The number of fused-ring (bicyclic) bond motifs is 2. The fourth-order valence-electron chi connectivity index (χ4n) is 4.80. The summed E-state index contributed by atoms with van der Waals surface area (Å²) >= 11 is 0. The highest BCUT2D eigenvalue weighted by Crippen LogP contribution is 2.54. The molecule has 0 aromatic heterocycles. The molecular formula is C18H27NO3S. The number of aryl methyl sites for hydroxylation is 1. The van der Waals surface area contributed by atoms with Gasteiger partial charge in [-0.25, -0.2) is 8.42 Å². The van der Waals surface area contributed by atoms with E-state index in [0.29, 0.717) is 17.2 Å². The van der Waals surface area contributed by atoms with Crippen molar-refractivity contribution in [3.63, 3.8) is 0 Å². The molecule has 2 atom stereocenters.